The Morgan fingerprint density at radius 2 is 1.81 bits per heavy atom. The van der Waals surface area contributed by atoms with Crippen molar-refractivity contribution < 1.29 is 14.4 Å². The number of allylic oxidation sites excluding steroid dienone is 2. The lowest BCUT2D eigenvalue weighted by atomic mass is 9.85. The van der Waals surface area contributed by atoms with Crippen molar-refractivity contribution in [2.75, 3.05) is 26.2 Å². The predicted molar refractivity (Wildman–Crippen MR) is 101 cm³/mol. The van der Waals surface area contributed by atoms with Crippen LogP contribution in [0.3, 0.4) is 0 Å². The first-order valence-corrected chi connectivity index (χ1v) is 9.62. The molecule has 0 spiro atoms. The highest BCUT2D eigenvalue weighted by Crippen LogP contribution is 2.52. The third-order valence-corrected chi connectivity index (χ3v) is 5.83. The van der Waals surface area contributed by atoms with Crippen LogP contribution in [-0.2, 0) is 14.4 Å². The average molecular weight is 375 g/mol. The Balaban J connectivity index is 1.55. The highest BCUT2D eigenvalue weighted by atomic mass is 16.2. The number of fused-ring (bicyclic) bond motifs is 5. The van der Waals surface area contributed by atoms with Gasteiger partial charge in [-0.3, -0.25) is 24.3 Å². The quantitative estimate of drug-likeness (QED) is 0.248. The van der Waals surface area contributed by atoms with E-state index in [0.717, 1.165) is 6.42 Å². The summed E-state index contributed by atoms with van der Waals surface area (Å²) in [4.78, 5) is 42.6. The van der Waals surface area contributed by atoms with E-state index in [1.54, 1.807) is 13.8 Å². The Bertz CT molecular complexity index is 669. The first-order valence-electron chi connectivity index (χ1n) is 9.62. The molecule has 3 amide bonds. The van der Waals surface area contributed by atoms with Crippen LogP contribution >= 0.6 is 0 Å². The minimum atomic E-state index is -0.743. The van der Waals surface area contributed by atoms with Gasteiger partial charge >= 0.3 is 0 Å². The lowest BCUT2D eigenvalue weighted by Crippen LogP contribution is -2.44. The molecule has 2 fully saturated rings. The van der Waals surface area contributed by atoms with Crippen molar-refractivity contribution >= 4 is 23.7 Å². The zero-order chi connectivity index (χ0) is 19.8. The first kappa shape index (κ1) is 19.4. The number of nitrogens with zero attached hydrogens (tertiary/aromatic N) is 2. The van der Waals surface area contributed by atoms with Crippen LogP contribution in [0.2, 0.25) is 0 Å². The largest absolute Gasteiger partial charge is 0.369 e. The number of nitrogens with one attached hydrogen (secondary N) is 2. The fourth-order valence-electron chi connectivity index (χ4n) is 4.17. The van der Waals surface area contributed by atoms with Crippen molar-refractivity contribution in [3.63, 3.8) is 0 Å². The molecule has 1 saturated carbocycles. The molecule has 148 valence electrons. The van der Waals surface area contributed by atoms with Crippen LogP contribution in [0.1, 0.15) is 27.2 Å². The van der Waals surface area contributed by atoms with Gasteiger partial charge in [0.25, 0.3) is 0 Å². The molecule has 1 heterocycles. The maximum absolute atomic E-state index is 12.7. The van der Waals surface area contributed by atoms with E-state index in [2.05, 4.69) is 27.8 Å². The molecule has 0 radical (unpaired) electrons. The smallest absolute Gasteiger partial charge is 0.233 e. The fourth-order valence-corrected chi connectivity index (χ4v) is 4.17. The van der Waals surface area contributed by atoms with Crippen molar-refractivity contribution in [3.05, 3.63) is 12.2 Å². The van der Waals surface area contributed by atoms with Gasteiger partial charge in [-0.15, -0.1) is 0 Å². The molecule has 4 N–H and O–H groups in total. The number of imide groups is 1. The Morgan fingerprint density at radius 1 is 1.22 bits per heavy atom. The summed E-state index contributed by atoms with van der Waals surface area (Å²) in [5, 5.41) is 6.22. The molecule has 8 heteroatoms. The standard InChI is InChI=1S/C19H29N5O3/c1-4-21-18(23-10-19(2,3)17(20)27)22-7-8-24-15(25)13-11-5-6-12(9-11)14(13)16(24)26/h5-6,11-14H,4,7-10H2,1-3H3,(H2,20,27)(H2,21,22,23). The number of carbonyl (C=O) groups is 3. The van der Waals surface area contributed by atoms with Gasteiger partial charge in [-0.1, -0.05) is 12.2 Å². The summed E-state index contributed by atoms with van der Waals surface area (Å²) in [6.07, 6.45) is 5.12. The Hall–Kier alpha value is -2.38. The molecule has 0 aromatic heterocycles. The third kappa shape index (κ3) is 3.57. The van der Waals surface area contributed by atoms with Crippen molar-refractivity contribution in [2.45, 2.75) is 27.2 Å². The van der Waals surface area contributed by atoms with Crippen LogP contribution in [0.15, 0.2) is 17.1 Å². The van der Waals surface area contributed by atoms with E-state index in [0.29, 0.717) is 25.6 Å². The van der Waals surface area contributed by atoms with Gasteiger partial charge in [-0.05, 0) is 39.0 Å². The van der Waals surface area contributed by atoms with Crippen molar-refractivity contribution in [2.24, 2.45) is 39.8 Å². The van der Waals surface area contributed by atoms with E-state index in [1.807, 2.05) is 6.92 Å². The normalized spacial score (nSPS) is 29.4. The van der Waals surface area contributed by atoms with E-state index in [4.69, 9.17) is 5.73 Å². The topological polar surface area (TPSA) is 117 Å². The number of rotatable bonds is 7. The van der Waals surface area contributed by atoms with Crippen LogP contribution in [0.5, 0.6) is 0 Å². The van der Waals surface area contributed by atoms with Gasteiger partial charge in [-0.2, -0.15) is 0 Å². The molecular formula is C19H29N5O3. The Labute approximate surface area is 159 Å². The molecule has 4 atom stereocenters. The van der Waals surface area contributed by atoms with Gasteiger partial charge in [-0.25, -0.2) is 0 Å². The number of carbonyl (C=O) groups excluding carboxylic acids is 3. The summed E-state index contributed by atoms with van der Waals surface area (Å²) in [6, 6.07) is 0. The van der Waals surface area contributed by atoms with E-state index in [1.165, 1.54) is 4.90 Å². The molecule has 3 aliphatic rings. The van der Waals surface area contributed by atoms with E-state index >= 15 is 0 Å². The second kappa shape index (κ2) is 7.32. The van der Waals surface area contributed by atoms with Crippen molar-refractivity contribution in [1.82, 2.24) is 15.5 Å². The molecule has 2 bridgehead atoms. The maximum Gasteiger partial charge on any atom is 0.233 e. The number of hydrogen-bond donors (Lipinski definition) is 3. The molecular weight excluding hydrogens is 346 g/mol. The molecule has 0 aromatic rings. The third-order valence-electron chi connectivity index (χ3n) is 5.83. The Morgan fingerprint density at radius 3 is 2.33 bits per heavy atom. The number of amides is 3. The number of hydrogen-bond acceptors (Lipinski definition) is 4. The maximum atomic E-state index is 12.7. The summed E-state index contributed by atoms with van der Waals surface area (Å²) < 4.78 is 0. The van der Waals surface area contributed by atoms with Crippen LogP contribution < -0.4 is 16.4 Å². The minimum absolute atomic E-state index is 0.0412. The zero-order valence-electron chi connectivity index (χ0n) is 16.2. The second-order valence-corrected chi connectivity index (χ2v) is 8.20. The average Bonchev–Trinajstić information content (AvgIpc) is 3.28. The molecule has 1 aliphatic heterocycles. The first-order chi connectivity index (χ1) is 12.8. The van der Waals surface area contributed by atoms with Crippen LogP contribution in [-0.4, -0.2) is 54.8 Å². The van der Waals surface area contributed by atoms with Crippen LogP contribution in [0.25, 0.3) is 0 Å². The minimum Gasteiger partial charge on any atom is -0.369 e. The van der Waals surface area contributed by atoms with Crippen LogP contribution in [0, 0.1) is 29.1 Å². The lowest BCUT2D eigenvalue weighted by Gasteiger charge is -2.20. The van der Waals surface area contributed by atoms with Gasteiger partial charge in [0.15, 0.2) is 5.96 Å². The van der Waals surface area contributed by atoms with E-state index in [9.17, 15) is 14.4 Å². The van der Waals surface area contributed by atoms with Crippen molar-refractivity contribution in [1.29, 1.82) is 0 Å². The fraction of sp³-hybridized carbons (Fsp3) is 0.684. The molecule has 3 rings (SSSR count). The predicted octanol–water partition coefficient (Wildman–Crippen LogP) is -0.140. The molecule has 4 unspecified atom stereocenters. The monoisotopic (exact) mass is 375 g/mol. The number of aliphatic imine (C=N–C) groups is 1. The molecule has 2 aliphatic carbocycles. The van der Waals surface area contributed by atoms with Gasteiger partial charge in [0.05, 0.1) is 23.8 Å². The number of nitrogens with two attached hydrogens (primary N) is 1. The Kier molecular flexibility index (Phi) is 5.26. The summed E-state index contributed by atoms with van der Waals surface area (Å²) in [7, 11) is 0. The highest BCUT2D eigenvalue weighted by molar-refractivity contribution is 6.06. The van der Waals surface area contributed by atoms with Crippen LogP contribution in [0.4, 0.5) is 0 Å². The molecule has 8 nitrogen and oxygen atoms in total. The van der Waals surface area contributed by atoms with E-state index < -0.39 is 11.3 Å². The van der Waals surface area contributed by atoms with Gasteiger partial charge in [0.1, 0.15) is 0 Å². The molecule has 0 aromatic carbocycles. The van der Waals surface area contributed by atoms with Crippen molar-refractivity contribution in [3.8, 4) is 0 Å². The van der Waals surface area contributed by atoms with Gasteiger partial charge in [0, 0.05) is 19.6 Å². The van der Waals surface area contributed by atoms with E-state index in [-0.39, 0.29) is 42.0 Å². The van der Waals surface area contributed by atoms with Gasteiger partial charge in [0.2, 0.25) is 17.7 Å². The molecule has 1 saturated heterocycles. The lowest BCUT2D eigenvalue weighted by molar-refractivity contribution is -0.140. The summed E-state index contributed by atoms with van der Waals surface area (Å²) in [5.41, 5.74) is 4.64. The highest BCUT2D eigenvalue weighted by Gasteiger charge is 2.58. The number of guanidine groups is 1. The van der Waals surface area contributed by atoms with Gasteiger partial charge < -0.3 is 16.4 Å². The second-order valence-electron chi connectivity index (χ2n) is 8.20. The number of primary amides is 1. The molecule has 27 heavy (non-hydrogen) atoms. The summed E-state index contributed by atoms with van der Waals surface area (Å²) in [6.45, 7) is 7.04. The zero-order valence-corrected chi connectivity index (χ0v) is 16.2. The SMILES string of the molecule is CCNC(=NCC(C)(C)C(N)=O)NCCN1C(=O)C2C3C=CC(C3)C2C1=O. The summed E-state index contributed by atoms with van der Waals surface area (Å²) in [5.74, 6) is 0.170. The number of likely N-dealkylation sites (tertiary alicyclic amines) is 1. The summed E-state index contributed by atoms with van der Waals surface area (Å²) >= 11 is 0.